The molecule has 0 fully saturated rings. The van der Waals surface area contributed by atoms with Crippen molar-refractivity contribution in [3.05, 3.63) is 95.8 Å². The van der Waals surface area contributed by atoms with Crippen molar-refractivity contribution in [1.82, 2.24) is 4.98 Å². The smallest absolute Gasteiger partial charge is 0.258 e. The van der Waals surface area contributed by atoms with Crippen molar-refractivity contribution >= 4 is 11.6 Å². The fraction of sp³-hybridized carbons (Fsp3) is 0.0500. The number of aromatic nitrogens is 1. The second-order valence-corrected chi connectivity index (χ2v) is 5.27. The van der Waals surface area contributed by atoms with Gasteiger partial charge in [-0.1, -0.05) is 30.3 Å². The van der Waals surface area contributed by atoms with E-state index in [2.05, 4.69) is 11.1 Å². The van der Waals surface area contributed by atoms with Crippen molar-refractivity contribution in [2.75, 3.05) is 4.90 Å². The first-order valence-electron chi connectivity index (χ1n) is 7.54. The zero-order chi connectivity index (χ0) is 16.8. The molecule has 2 aromatic carbocycles. The fourth-order valence-corrected chi connectivity index (χ4v) is 2.46. The summed E-state index contributed by atoms with van der Waals surface area (Å²) in [6, 6.07) is 22.3. The van der Waals surface area contributed by atoms with E-state index < -0.39 is 0 Å². The SMILES string of the molecule is N#Cc1cccc(CN(C(=O)c2ccncc2)c2ccccc2)c1. The minimum absolute atomic E-state index is 0.106. The predicted octanol–water partition coefficient (Wildman–Crippen LogP) is 3.80. The van der Waals surface area contributed by atoms with E-state index in [1.54, 1.807) is 41.6 Å². The van der Waals surface area contributed by atoms with Crippen LogP contribution < -0.4 is 4.90 Å². The minimum Gasteiger partial charge on any atom is -0.304 e. The Morgan fingerprint density at radius 2 is 1.75 bits per heavy atom. The first kappa shape index (κ1) is 15.4. The summed E-state index contributed by atoms with van der Waals surface area (Å²) in [7, 11) is 0. The van der Waals surface area contributed by atoms with Gasteiger partial charge in [0.2, 0.25) is 0 Å². The summed E-state index contributed by atoms with van der Waals surface area (Å²) in [5, 5.41) is 9.06. The number of hydrogen-bond acceptors (Lipinski definition) is 3. The molecule has 0 aliphatic carbocycles. The average Bonchev–Trinajstić information content (AvgIpc) is 2.67. The Kier molecular flexibility index (Phi) is 4.64. The molecule has 3 aromatic rings. The van der Waals surface area contributed by atoms with E-state index in [0.717, 1.165) is 11.3 Å². The Morgan fingerprint density at radius 3 is 2.46 bits per heavy atom. The summed E-state index contributed by atoms with van der Waals surface area (Å²) < 4.78 is 0. The van der Waals surface area contributed by atoms with Crippen molar-refractivity contribution in [3.63, 3.8) is 0 Å². The number of carbonyl (C=O) groups is 1. The lowest BCUT2D eigenvalue weighted by atomic mass is 10.1. The highest BCUT2D eigenvalue weighted by atomic mass is 16.2. The van der Waals surface area contributed by atoms with Gasteiger partial charge in [0, 0.05) is 23.6 Å². The quantitative estimate of drug-likeness (QED) is 0.736. The molecule has 0 N–H and O–H groups in total. The zero-order valence-corrected chi connectivity index (χ0v) is 13.0. The standard InChI is InChI=1S/C20H15N3O/c21-14-16-5-4-6-17(13-16)15-23(19-7-2-1-3-8-19)20(24)18-9-11-22-12-10-18/h1-13H,15H2. The molecule has 0 atom stereocenters. The molecule has 0 bridgehead atoms. The third-order valence-electron chi connectivity index (χ3n) is 3.64. The van der Waals surface area contributed by atoms with Crippen molar-refractivity contribution in [2.24, 2.45) is 0 Å². The third kappa shape index (κ3) is 3.47. The normalized spacial score (nSPS) is 9.96. The third-order valence-corrected chi connectivity index (χ3v) is 3.64. The van der Waals surface area contributed by atoms with Gasteiger partial charge in [-0.2, -0.15) is 5.26 Å². The van der Waals surface area contributed by atoms with Gasteiger partial charge in [0.25, 0.3) is 5.91 Å². The molecule has 1 heterocycles. The molecule has 3 rings (SSSR count). The monoisotopic (exact) mass is 313 g/mol. The molecule has 0 saturated heterocycles. The van der Waals surface area contributed by atoms with Crippen LogP contribution in [-0.2, 0) is 6.54 Å². The summed E-state index contributed by atoms with van der Waals surface area (Å²) >= 11 is 0. The second kappa shape index (κ2) is 7.21. The molecule has 4 nitrogen and oxygen atoms in total. The van der Waals surface area contributed by atoms with Crippen LogP contribution in [0.5, 0.6) is 0 Å². The molecule has 4 heteroatoms. The van der Waals surface area contributed by atoms with Crippen LogP contribution in [0.2, 0.25) is 0 Å². The van der Waals surface area contributed by atoms with Gasteiger partial charge >= 0.3 is 0 Å². The number of anilines is 1. The number of para-hydroxylation sites is 1. The van der Waals surface area contributed by atoms with Gasteiger partial charge in [0.05, 0.1) is 18.2 Å². The van der Waals surface area contributed by atoms with Gasteiger partial charge in [-0.25, -0.2) is 0 Å². The molecular weight excluding hydrogens is 298 g/mol. The Bertz CT molecular complexity index is 870. The van der Waals surface area contributed by atoms with Crippen LogP contribution in [0.1, 0.15) is 21.5 Å². The molecule has 0 unspecified atom stereocenters. The van der Waals surface area contributed by atoms with Crippen LogP contribution in [0.25, 0.3) is 0 Å². The van der Waals surface area contributed by atoms with E-state index in [4.69, 9.17) is 5.26 Å². The molecule has 24 heavy (non-hydrogen) atoms. The van der Waals surface area contributed by atoms with E-state index in [0.29, 0.717) is 17.7 Å². The van der Waals surface area contributed by atoms with Gasteiger partial charge in [-0.3, -0.25) is 9.78 Å². The number of amides is 1. The highest BCUT2D eigenvalue weighted by molar-refractivity contribution is 6.05. The Hall–Kier alpha value is -3.45. The van der Waals surface area contributed by atoms with E-state index in [1.807, 2.05) is 42.5 Å². The van der Waals surface area contributed by atoms with Crippen molar-refractivity contribution in [3.8, 4) is 6.07 Å². The first-order chi connectivity index (χ1) is 11.8. The van der Waals surface area contributed by atoms with E-state index in [9.17, 15) is 4.79 Å². The molecule has 0 aliphatic rings. The molecule has 1 amide bonds. The van der Waals surface area contributed by atoms with Crippen LogP contribution in [-0.4, -0.2) is 10.9 Å². The fourth-order valence-electron chi connectivity index (χ4n) is 2.46. The lowest BCUT2D eigenvalue weighted by Crippen LogP contribution is -2.30. The minimum atomic E-state index is -0.106. The summed E-state index contributed by atoms with van der Waals surface area (Å²) in [6.45, 7) is 0.390. The maximum Gasteiger partial charge on any atom is 0.258 e. The van der Waals surface area contributed by atoms with Crippen LogP contribution in [0, 0.1) is 11.3 Å². The maximum absolute atomic E-state index is 12.9. The molecule has 0 saturated carbocycles. The Balaban J connectivity index is 1.96. The molecule has 0 spiro atoms. The largest absolute Gasteiger partial charge is 0.304 e. The average molecular weight is 313 g/mol. The molecular formula is C20H15N3O. The molecule has 116 valence electrons. The lowest BCUT2D eigenvalue weighted by Gasteiger charge is -2.23. The molecule has 1 aromatic heterocycles. The Labute approximate surface area is 140 Å². The van der Waals surface area contributed by atoms with Gasteiger partial charge in [-0.05, 0) is 42.0 Å². The number of nitriles is 1. The van der Waals surface area contributed by atoms with Crippen LogP contribution >= 0.6 is 0 Å². The summed E-state index contributed by atoms with van der Waals surface area (Å²) in [6.07, 6.45) is 3.21. The number of nitrogens with zero attached hydrogens (tertiary/aromatic N) is 3. The zero-order valence-electron chi connectivity index (χ0n) is 13.0. The van der Waals surface area contributed by atoms with Crippen LogP contribution in [0.15, 0.2) is 79.1 Å². The lowest BCUT2D eigenvalue weighted by molar-refractivity contribution is 0.0985. The van der Waals surface area contributed by atoms with Crippen molar-refractivity contribution in [2.45, 2.75) is 6.54 Å². The summed E-state index contributed by atoms with van der Waals surface area (Å²) in [5.41, 5.74) is 2.86. The maximum atomic E-state index is 12.9. The topological polar surface area (TPSA) is 57.0 Å². The number of pyridine rings is 1. The number of hydrogen-bond donors (Lipinski definition) is 0. The van der Waals surface area contributed by atoms with Crippen molar-refractivity contribution < 1.29 is 4.79 Å². The van der Waals surface area contributed by atoms with Gasteiger partial charge < -0.3 is 4.90 Å². The molecule has 0 aliphatic heterocycles. The molecule has 0 radical (unpaired) electrons. The van der Waals surface area contributed by atoms with E-state index in [-0.39, 0.29) is 5.91 Å². The predicted molar refractivity (Wildman–Crippen MR) is 92.3 cm³/mol. The highest BCUT2D eigenvalue weighted by Crippen LogP contribution is 2.20. The first-order valence-corrected chi connectivity index (χ1v) is 7.54. The van der Waals surface area contributed by atoms with Crippen LogP contribution in [0.4, 0.5) is 5.69 Å². The highest BCUT2D eigenvalue weighted by Gasteiger charge is 2.18. The number of carbonyl (C=O) groups excluding carboxylic acids is 1. The van der Waals surface area contributed by atoms with Crippen molar-refractivity contribution in [1.29, 1.82) is 5.26 Å². The number of benzene rings is 2. The van der Waals surface area contributed by atoms with Crippen LogP contribution in [0.3, 0.4) is 0 Å². The summed E-state index contributed by atoms with van der Waals surface area (Å²) in [5.74, 6) is -0.106. The second-order valence-electron chi connectivity index (χ2n) is 5.27. The van der Waals surface area contributed by atoms with Gasteiger partial charge in [-0.15, -0.1) is 0 Å². The summed E-state index contributed by atoms with van der Waals surface area (Å²) in [4.78, 5) is 18.6. The van der Waals surface area contributed by atoms with E-state index >= 15 is 0 Å². The van der Waals surface area contributed by atoms with Gasteiger partial charge in [0.15, 0.2) is 0 Å². The van der Waals surface area contributed by atoms with E-state index in [1.165, 1.54) is 0 Å². The Morgan fingerprint density at radius 1 is 1.00 bits per heavy atom. The van der Waals surface area contributed by atoms with Gasteiger partial charge in [0.1, 0.15) is 0 Å². The number of rotatable bonds is 4.